The summed E-state index contributed by atoms with van der Waals surface area (Å²) >= 11 is 7.60. The first-order valence-corrected chi connectivity index (χ1v) is 12.1. The summed E-state index contributed by atoms with van der Waals surface area (Å²) in [5.74, 6) is -1.14. The second-order valence-corrected chi connectivity index (χ2v) is 8.54. The molecule has 0 aliphatic carbocycles. The quantitative estimate of drug-likeness (QED) is 0.261. The summed E-state index contributed by atoms with van der Waals surface area (Å²) in [7, 11) is 0. The number of anilines is 2. The van der Waals surface area contributed by atoms with Crippen LogP contribution >= 0.6 is 23.4 Å². The van der Waals surface area contributed by atoms with Crippen molar-refractivity contribution in [2.24, 2.45) is 0 Å². The van der Waals surface area contributed by atoms with E-state index in [4.69, 9.17) is 11.6 Å². The van der Waals surface area contributed by atoms with Gasteiger partial charge in [0.2, 0.25) is 0 Å². The summed E-state index contributed by atoms with van der Waals surface area (Å²) in [4.78, 5) is 51.0. The van der Waals surface area contributed by atoms with Crippen LogP contribution in [0.2, 0.25) is 5.02 Å². The molecule has 11 heteroatoms. The molecule has 2 aromatic heterocycles. The average Bonchev–Trinajstić information content (AvgIpc) is 2.85. The highest BCUT2D eigenvalue weighted by Gasteiger charge is 2.21. The van der Waals surface area contributed by atoms with Gasteiger partial charge < -0.3 is 20.3 Å². The van der Waals surface area contributed by atoms with Crippen LogP contribution in [0.3, 0.4) is 0 Å². The minimum Gasteiger partial charge on any atom is -0.506 e. The smallest absolute Gasteiger partial charge is 0.262 e. The number of carbonyl (C=O) groups is 2. The summed E-state index contributed by atoms with van der Waals surface area (Å²) in [6, 6.07) is 12.3. The second-order valence-electron chi connectivity index (χ2n) is 7.36. The van der Waals surface area contributed by atoms with Gasteiger partial charge in [0, 0.05) is 23.7 Å². The van der Waals surface area contributed by atoms with E-state index in [1.54, 1.807) is 25.1 Å². The highest BCUT2D eigenvalue weighted by atomic mass is 35.5. The molecule has 2 amide bonds. The Bertz CT molecular complexity index is 1510. The van der Waals surface area contributed by atoms with Gasteiger partial charge in [0.05, 0.1) is 16.4 Å². The first-order chi connectivity index (χ1) is 16.8. The standard InChI is InChI=1S/C24H20ClN5O4S/c1-3-30(18-6-4-5-7-19(18)31)23(34)13-8-9-16(25)17(11-13)27-21(32)15-10-14-12-26-24(35-2)29-20(14)28-22(15)33/h4-12,31H,3H2,1-2H3,(H,27,32)(H,26,28,29,33). The SMILES string of the molecule is CCN(C(=O)c1ccc(Cl)c(NC(=O)c2cc3cnc(SC)nc3[nH]c2=O)c1)c1ccccc1O. The number of rotatable bonds is 6. The lowest BCUT2D eigenvalue weighted by molar-refractivity contribution is 0.0985. The van der Waals surface area contributed by atoms with E-state index in [2.05, 4.69) is 20.3 Å². The van der Waals surface area contributed by atoms with Gasteiger partial charge in [-0.25, -0.2) is 9.97 Å². The second kappa shape index (κ2) is 10.2. The third kappa shape index (κ3) is 4.98. The van der Waals surface area contributed by atoms with Gasteiger partial charge in [-0.2, -0.15) is 0 Å². The fraction of sp³-hybridized carbons (Fsp3) is 0.125. The molecule has 9 nitrogen and oxygen atoms in total. The molecule has 3 N–H and O–H groups in total. The minimum atomic E-state index is -0.707. The molecular formula is C24H20ClN5O4S. The molecule has 4 aromatic rings. The van der Waals surface area contributed by atoms with Gasteiger partial charge in [-0.15, -0.1) is 0 Å². The van der Waals surface area contributed by atoms with E-state index < -0.39 is 17.4 Å². The molecule has 0 fully saturated rings. The third-order valence-corrected chi connectivity index (χ3v) is 6.09. The number of halogens is 1. The van der Waals surface area contributed by atoms with E-state index in [-0.39, 0.29) is 27.6 Å². The molecule has 0 radical (unpaired) electrons. The molecular weight excluding hydrogens is 490 g/mol. The van der Waals surface area contributed by atoms with Crippen LogP contribution in [-0.4, -0.2) is 44.7 Å². The number of aromatic nitrogens is 3. The van der Waals surface area contributed by atoms with Crippen molar-refractivity contribution in [2.75, 3.05) is 23.0 Å². The van der Waals surface area contributed by atoms with Crippen LogP contribution in [0.4, 0.5) is 11.4 Å². The fourth-order valence-corrected chi connectivity index (χ4v) is 3.96. The number of H-pyrrole nitrogens is 1. The molecule has 0 aliphatic heterocycles. The van der Waals surface area contributed by atoms with Crippen LogP contribution in [0.15, 0.2) is 64.7 Å². The largest absolute Gasteiger partial charge is 0.506 e. The zero-order valence-corrected chi connectivity index (χ0v) is 20.3. The number of carbonyl (C=O) groups excluding carboxylic acids is 2. The monoisotopic (exact) mass is 509 g/mol. The number of hydrogen-bond donors (Lipinski definition) is 3. The summed E-state index contributed by atoms with van der Waals surface area (Å²) in [6.07, 6.45) is 3.33. The summed E-state index contributed by atoms with van der Waals surface area (Å²) in [5, 5.41) is 13.9. The Labute approximate surface area is 209 Å². The Morgan fingerprint density at radius 3 is 2.69 bits per heavy atom. The Hall–Kier alpha value is -3.89. The van der Waals surface area contributed by atoms with Crippen LogP contribution in [0.25, 0.3) is 11.0 Å². The Kier molecular flexibility index (Phi) is 7.04. The molecule has 0 atom stereocenters. The number of phenolic OH excluding ortho intramolecular Hbond substituents is 1. The topological polar surface area (TPSA) is 128 Å². The lowest BCUT2D eigenvalue weighted by Gasteiger charge is -2.22. The number of aromatic hydroxyl groups is 1. The van der Waals surface area contributed by atoms with Crippen LogP contribution in [-0.2, 0) is 0 Å². The first-order valence-electron chi connectivity index (χ1n) is 10.5. The number of nitrogens with one attached hydrogen (secondary N) is 2. The predicted octanol–water partition coefficient (Wildman–Crippen LogP) is 4.32. The molecule has 0 saturated heterocycles. The van der Waals surface area contributed by atoms with Crippen molar-refractivity contribution in [1.29, 1.82) is 0 Å². The molecule has 35 heavy (non-hydrogen) atoms. The number of pyridine rings is 1. The third-order valence-electron chi connectivity index (χ3n) is 5.19. The molecule has 0 unspecified atom stereocenters. The molecule has 178 valence electrons. The van der Waals surface area contributed by atoms with Crippen LogP contribution in [0.1, 0.15) is 27.6 Å². The number of aromatic amines is 1. The van der Waals surface area contributed by atoms with Gasteiger partial charge in [0.15, 0.2) is 5.16 Å². The van der Waals surface area contributed by atoms with Crippen molar-refractivity contribution in [3.05, 3.63) is 81.2 Å². The maximum absolute atomic E-state index is 13.2. The zero-order chi connectivity index (χ0) is 25.1. The van der Waals surface area contributed by atoms with E-state index in [9.17, 15) is 19.5 Å². The summed E-state index contributed by atoms with van der Waals surface area (Å²) < 4.78 is 0. The van der Waals surface area contributed by atoms with Crippen molar-refractivity contribution < 1.29 is 14.7 Å². The van der Waals surface area contributed by atoms with E-state index in [1.165, 1.54) is 53.2 Å². The predicted molar refractivity (Wildman–Crippen MR) is 137 cm³/mol. The van der Waals surface area contributed by atoms with E-state index >= 15 is 0 Å². The van der Waals surface area contributed by atoms with Crippen molar-refractivity contribution in [2.45, 2.75) is 12.1 Å². The zero-order valence-electron chi connectivity index (χ0n) is 18.7. The molecule has 0 aliphatic rings. The first kappa shape index (κ1) is 24.2. The van der Waals surface area contributed by atoms with Gasteiger partial charge >= 0.3 is 0 Å². The number of phenols is 1. The van der Waals surface area contributed by atoms with Gasteiger partial charge in [-0.3, -0.25) is 14.4 Å². The minimum absolute atomic E-state index is 0.0330. The number of benzene rings is 2. The lowest BCUT2D eigenvalue weighted by Crippen LogP contribution is -2.30. The summed E-state index contributed by atoms with van der Waals surface area (Å²) in [6.45, 7) is 2.08. The highest BCUT2D eigenvalue weighted by Crippen LogP contribution is 2.29. The van der Waals surface area contributed by atoms with Gasteiger partial charge in [0.1, 0.15) is 17.0 Å². The highest BCUT2D eigenvalue weighted by molar-refractivity contribution is 7.98. The Morgan fingerprint density at radius 1 is 1.20 bits per heavy atom. The van der Waals surface area contributed by atoms with Gasteiger partial charge in [-0.05, 0) is 49.6 Å². The number of para-hydroxylation sites is 2. The number of thioether (sulfide) groups is 1. The van der Waals surface area contributed by atoms with Gasteiger partial charge in [-0.1, -0.05) is 35.5 Å². The number of fused-ring (bicyclic) bond motifs is 1. The Morgan fingerprint density at radius 2 is 1.97 bits per heavy atom. The number of hydrogen-bond acceptors (Lipinski definition) is 7. The van der Waals surface area contributed by atoms with Crippen LogP contribution in [0.5, 0.6) is 5.75 Å². The molecule has 2 heterocycles. The van der Waals surface area contributed by atoms with Crippen molar-refractivity contribution in [1.82, 2.24) is 15.0 Å². The van der Waals surface area contributed by atoms with E-state index in [0.717, 1.165) is 0 Å². The maximum atomic E-state index is 13.2. The molecule has 2 aromatic carbocycles. The lowest BCUT2D eigenvalue weighted by atomic mass is 10.1. The fourth-order valence-electron chi connectivity index (χ4n) is 3.46. The van der Waals surface area contributed by atoms with E-state index in [0.29, 0.717) is 28.4 Å². The molecule has 0 saturated carbocycles. The number of amides is 2. The van der Waals surface area contributed by atoms with Gasteiger partial charge in [0.25, 0.3) is 17.4 Å². The normalized spacial score (nSPS) is 10.8. The van der Waals surface area contributed by atoms with Crippen molar-refractivity contribution in [3.63, 3.8) is 0 Å². The number of nitrogens with zero attached hydrogens (tertiary/aromatic N) is 3. The van der Waals surface area contributed by atoms with Crippen molar-refractivity contribution in [3.8, 4) is 5.75 Å². The van der Waals surface area contributed by atoms with E-state index in [1.807, 2.05) is 6.26 Å². The van der Waals surface area contributed by atoms with Crippen molar-refractivity contribution >= 4 is 57.6 Å². The summed E-state index contributed by atoms with van der Waals surface area (Å²) in [5.41, 5.74) is 0.288. The maximum Gasteiger partial charge on any atom is 0.262 e. The van der Waals surface area contributed by atoms with Crippen LogP contribution < -0.4 is 15.8 Å². The molecule has 0 bridgehead atoms. The Balaban J connectivity index is 1.64. The average molecular weight is 510 g/mol. The molecule has 0 spiro atoms. The van der Waals surface area contributed by atoms with Crippen LogP contribution in [0, 0.1) is 0 Å². The molecule has 4 rings (SSSR count).